The zero-order valence-corrected chi connectivity index (χ0v) is 17.0. The van der Waals surface area contributed by atoms with Crippen LogP contribution in [0.25, 0.3) is 0 Å². The van der Waals surface area contributed by atoms with Crippen LogP contribution in [0.3, 0.4) is 0 Å². The summed E-state index contributed by atoms with van der Waals surface area (Å²) in [6.07, 6.45) is 2.06. The highest BCUT2D eigenvalue weighted by atomic mass is 32.2. The van der Waals surface area contributed by atoms with Crippen molar-refractivity contribution in [2.75, 3.05) is 25.0 Å². The van der Waals surface area contributed by atoms with Gasteiger partial charge in [-0.25, -0.2) is 12.8 Å². The second-order valence-electron chi connectivity index (χ2n) is 7.62. The van der Waals surface area contributed by atoms with Gasteiger partial charge in [0.05, 0.1) is 16.9 Å². The Morgan fingerprint density at radius 1 is 1.13 bits per heavy atom. The van der Waals surface area contributed by atoms with Gasteiger partial charge in [0.1, 0.15) is 5.82 Å². The Morgan fingerprint density at radius 3 is 2.57 bits per heavy atom. The van der Waals surface area contributed by atoms with Gasteiger partial charge in [-0.3, -0.25) is 9.59 Å². The highest BCUT2D eigenvalue weighted by Gasteiger charge is 2.45. The lowest BCUT2D eigenvalue weighted by Crippen LogP contribution is -2.49. The number of hydrogen-bond acceptors (Lipinski definition) is 4. The van der Waals surface area contributed by atoms with Crippen molar-refractivity contribution in [3.8, 4) is 0 Å². The number of nitrogens with zero attached hydrogens (tertiary/aromatic N) is 1. The minimum atomic E-state index is -3.87. The number of benzene rings is 2. The highest BCUT2D eigenvalue weighted by molar-refractivity contribution is 7.89. The fourth-order valence-electron chi connectivity index (χ4n) is 3.92. The second kappa shape index (κ2) is 7.81. The molecule has 1 aliphatic carbocycles. The first-order valence-electron chi connectivity index (χ1n) is 9.76. The molecule has 2 amide bonds. The fraction of sp³-hybridized carbons (Fsp3) is 0.333. The van der Waals surface area contributed by atoms with Crippen molar-refractivity contribution < 1.29 is 22.4 Å². The van der Waals surface area contributed by atoms with Gasteiger partial charge in [-0.2, -0.15) is 4.31 Å². The number of nitrogens with one attached hydrogen (secondary N) is 2. The fourth-order valence-corrected chi connectivity index (χ4v) is 5.36. The monoisotopic (exact) mass is 431 g/mol. The molecule has 0 unspecified atom stereocenters. The summed E-state index contributed by atoms with van der Waals surface area (Å²) in [5.41, 5.74) is 0.140. The number of halogens is 1. The Morgan fingerprint density at radius 2 is 1.90 bits per heavy atom. The van der Waals surface area contributed by atoms with Crippen molar-refractivity contribution in [1.29, 1.82) is 0 Å². The Hall–Kier alpha value is -2.78. The van der Waals surface area contributed by atoms with Crippen LogP contribution in [-0.2, 0) is 25.0 Å². The summed E-state index contributed by atoms with van der Waals surface area (Å²) >= 11 is 0. The molecule has 0 spiro atoms. The van der Waals surface area contributed by atoms with Crippen molar-refractivity contribution in [2.24, 2.45) is 0 Å². The van der Waals surface area contributed by atoms with Gasteiger partial charge in [-0.05, 0) is 48.7 Å². The van der Waals surface area contributed by atoms with Gasteiger partial charge in [0, 0.05) is 18.8 Å². The van der Waals surface area contributed by atoms with E-state index in [9.17, 15) is 22.4 Å². The summed E-state index contributed by atoms with van der Waals surface area (Å²) in [7, 11) is -3.87. The predicted octanol–water partition coefficient (Wildman–Crippen LogP) is 2.01. The van der Waals surface area contributed by atoms with Gasteiger partial charge >= 0.3 is 0 Å². The summed E-state index contributed by atoms with van der Waals surface area (Å²) in [5, 5.41) is 5.40. The minimum absolute atomic E-state index is 0.00316. The lowest BCUT2D eigenvalue weighted by atomic mass is 9.63. The number of carbonyl (C=O) groups is 2. The number of sulfonamides is 1. The molecule has 0 bridgehead atoms. The molecule has 2 N–H and O–H groups in total. The van der Waals surface area contributed by atoms with Crippen molar-refractivity contribution in [3.63, 3.8) is 0 Å². The lowest BCUT2D eigenvalue weighted by molar-refractivity contribution is -0.124. The number of carbonyl (C=O) groups excluding carboxylic acids is 2. The molecule has 4 rings (SSSR count). The molecule has 2 aromatic rings. The van der Waals surface area contributed by atoms with E-state index in [-0.39, 0.29) is 36.3 Å². The normalized spacial score (nSPS) is 18.9. The Labute approximate surface area is 174 Å². The van der Waals surface area contributed by atoms with Crippen molar-refractivity contribution in [3.05, 3.63) is 59.9 Å². The molecule has 1 saturated heterocycles. The zero-order chi connectivity index (χ0) is 21.4. The van der Waals surface area contributed by atoms with Crippen LogP contribution in [0.1, 0.15) is 24.8 Å². The first-order chi connectivity index (χ1) is 14.3. The van der Waals surface area contributed by atoms with Gasteiger partial charge in [0.15, 0.2) is 0 Å². The predicted molar refractivity (Wildman–Crippen MR) is 109 cm³/mol. The van der Waals surface area contributed by atoms with Gasteiger partial charge in [0.25, 0.3) is 0 Å². The standard InChI is InChI=1S/C21H22FN3O4S/c22-16-5-1-4-15(12-16)21(8-3-9-21)20(27)24-17-6-2-7-18(13-17)30(28,29)25-11-10-23-19(26)14-25/h1-2,4-7,12-13H,3,8-11,14H2,(H,23,26)(H,24,27). The SMILES string of the molecule is O=C1CN(S(=O)(=O)c2cccc(NC(=O)C3(c4cccc(F)c4)CCC3)c2)CCN1. The van der Waals surface area contributed by atoms with E-state index in [1.54, 1.807) is 24.3 Å². The quantitative estimate of drug-likeness (QED) is 0.757. The van der Waals surface area contributed by atoms with Gasteiger partial charge < -0.3 is 10.6 Å². The van der Waals surface area contributed by atoms with Crippen molar-refractivity contribution >= 4 is 27.5 Å². The van der Waals surface area contributed by atoms with Gasteiger partial charge in [0.2, 0.25) is 21.8 Å². The van der Waals surface area contributed by atoms with Crippen LogP contribution < -0.4 is 10.6 Å². The molecule has 1 saturated carbocycles. The number of rotatable bonds is 5. The summed E-state index contributed by atoms with van der Waals surface area (Å²) in [5.74, 6) is -1.03. The molecule has 0 aromatic heterocycles. The maximum Gasteiger partial charge on any atom is 0.243 e. The van der Waals surface area contributed by atoms with E-state index in [0.29, 0.717) is 24.1 Å². The molecule has 9 heteroatoms. The number of hydrogen-bond donors (Lipinski definition) is 2. The Bertz CT molecular complexity index is 1100. The third-order valence-electron chi connectivity index (χ3n) is 5.75. The average Bonchev–Trinajstić information content (AvgIpc) is 2.67. The van der Waals surface area contributed by atoms with E-state index < -0.39 is 21.3 Å². The molecular formula is C21H22FN3O4S. The molecule has 1 heterocycles. The Balaban J connectivity index is 1.57. The van der Waals surface area contributed by atoms with E-state index in [1.165, 1.54) is 24.3 Å². The van der Waals surface area contributed by atoms with Crippen LogP contribution in [-0.4, -0.2) is 44.2 Å². The smallest absolute Gasteiger partial charge is 0.243 e. The van der Waals surface area contributed by atoms with Gasteiger partial charge in [-0.1, -0.05) is 24.6 Å². The third kappa shape index (κ3) is 3.70. The molecular weight excluding hydrogens is 409 g/mol. The van der Waals surface area contributed by atoms with Crippen LogP contribution in [0.2, 0.25) is 0 Å². The molecule has 30 heavy (non-hydrogen) atoms. The topological polar surface area (TPSA) is 95.6 Å². The van der Waals surface area contributed by atoms with Crippen molar-refractivity contribution in [1.82, 2.24) is 9.62 Å². The number of piperazine rings is 1. The van der Waals surface area contributed by atoms with Crippen LogP contribution in [0.4, 0.5) is 10.1 Å². The van der Waals surface area contributed by atoms with Crippen LogP contribution >= 0.6 is 0 Å². The van der Waals surface area contributed by atoms with Crippen LogP contribution in [0.15, 0.2) is 53.4 Å². The lowest BCUT2D eigenvalue weighted by Gasteiger charge is -2.40. The molecule has 2 aliphatic rings. The van der Waals surface area contributed by atoms with Gasteiger partial charge in [-0.15, -0.1) is 0 Å². The first-order valence-corrected chi connectivity index (χ1v) is 11.2. The van der Waals surface area contributed by atoms with E-state index in [1.807, 2.05) is 0 Å². The summed E-state index contributed by atoms with van der Waals surface area (Å²) in [6, 6.07) is 12.0. The van der Waals surface area contributed by atoms with E-state index in [0.717, 1.165) is 10.7 Å². The molecule has 1 aliphatic heterocycles. The van der Waals surface area contributed by atoms with Crippen LogP contribution in [0.5, 0.6) is 0 Å². The molecule has 7 nitrogen and oxygen atoms in total. The maximum atomic E-state index is 13.7. The molecule has 2 aromatic carbocycles. The third-order valence-corrected chi connectivity index (χ3v) is 7.59. The number of amides is 2. The zero-order valence-electron chi connectivity index (χ0n) is 16.2. The highest BCUT2D eigenvalue weighted by Crippen LogP contribution is 2.44. The van der Waals surface area contributed by atoms with E-state index >= 15 is 0 Å². The summed E-state index contributed by atoms with van der Waals surface area (Å²) in [4.78, 5) is 24.7. The molecule has 158 valence electrons. The number of anilines is 1. The first kappa shape index (κ1) is 20.5. The minimum Gasteiger partial charge on any atom is -0.354 e. The van der Waals surface area contributed by atoms with Crippen molar-refractivity contribution in [2.45, 2.75) is 29.6 Å². The van der Waals surface area contributed by atoms with E-state index in [2.05, 4.69) is 10.6 Å². The largest absolute Gasteiger partial charge is 0.354 e. The molecule has 2 fully saturated rings. The Kier molecular flexibility index (Phi) is 5.33. The summed E-state index contributed by atoms with van der Waals surface area (Å²) in [6.45, 7) is 0.208. The summed E-state index contributed by atoms with van der Waals surface area (Å²) < 4.78 is 40.6. The van der Waals surface area contributed by atoms with Crippen LogP contribution in [0, 0.1) is 5.82 Å². The molecule has 0 atom stereocenters. The van der Waals surface area contributed by atoms with E-state index in [4.69, 9.17) is 0 Å². The second-order valence-corrected chi connectivity index (χ2v) is 9.55. The maximum absolute atomic E-state index is 13.7. The average molecular weight is 431 g/mol. The molecule has 0 radical (unpaired) electrons.